The number of aliphatic hydroxyl groups excluding tert-OH is 1. The van der Waals surface area contributed by atoms with Crippen LogP contribution in [0.5, 0.6) is 0 Å². The molecule has 0 radical (unpaired) electrons. The zero-order valence-corrected chi connectivity index (χ0v) is 12.4. The second-order valence-electron chi connectivity index (χ2n) is 5.62. The monoisotopic (exact) mass is 296 g/mol. The lowest BCUT2D eigenvalue weighted by molar-refractivity contribution is 0.0751. The highest BCUT2D eigenvalue weighted by molar-refractivity contribution is 7.17. The molecule has 20 heavy (non-hydrogen) atoms. The van der Waals surface area contributed by atoms with E-state index in [0.717, 1.165) is 32.4 Å². The van der Waals surface area contributed by atoms with Crippen LogP contribution in [0.2, 0.25) is 0 Å². The van der Waals surface area contributed by atoms with Crippen LogP contribution in [-0.4, -0.2) is 51.8 Å². The van der Waals surface area contributed by atoms with Crippen LogP contribution in [0.25, 0.3) is 0 Å². The molecule has 2 fully saturated rings. The van der Waals surface area contributed by atoms with Crippen molar-refractivity contribution in [3.05, 3.63) is 5.01 Å². The summed E-state index contributed by atoms with van der Waals surface area (Å²) in [5, 5.41) is 22.2. The fourth-order valence-corrected chi connectivity index (χ4v) is 3.89. The molecule has 1 aromatic heterocycles. The summed E-state index contributed by atoms with van der Waals surface area (Å²) in [5.41, 5.74) is 0. The third-order valence-electron chi connectivity index (χ3n) is 4.24. The first kappa shape index (κ1) is 13.8. The predicted octanol–water partition coefficient (Wildman–Crippen LogP) is 1.20. The zero-order chi connectivity index (χ0) is 14.1. The maximum Gasteiger partial charge on any atom is 0.284 e. The lowest BCUT2D eigenvalue weighted by Crippen LogP contribution is -2.31. The van der Waals surface area contributed by atoms with Crippen LogP contribution in [-0.2, 0) is 0 Å². The van der Waals surface area contributed by atoms with E-state index in [-0.39, 0.29) is 17.9 Å². The number of hydrogen-bond donors (Lipinski definition) is 2. The van der Waals surface area contributed by atoms with Crippen molar-refractivity contribution in [3.8, 4) is 0 Å². The van der Waals surface area contributed by atoms with Crippen molar-refractivity contribution in [1.29, 1.82) is 0 Å². The smallest absolute Gasteiger partial charge is 0.284 e. The second kappa shape index (κ2) is 5.65. The van der Waals surface area contributed by atoms with Crippen molar-refractivity contribution in [2.24, 2.45) is 11.8 Å². The minimum atomic E-state index is -0.242. The highest BCUT2D eigenvalue weighted by Crippen LogP contribution is 2.38. The number of nitrogens with zero attached hydrogens (tertiary/aromatic N) is 3. The molecule has 2 N–H and O–H groups in total. The molecule has 3 atom stereocenters. The second-order valence-corrected chi connectivity index (χ2v) is 6.60. The van der Waals surface area contributed by atoms with Crippen molar-refractivity contribution >= 4 is 22.4 Å². The standard InChI is InChI=1S/C13H20N4O2S/c1-2-5-14-13-16-15-11(20-13)12(19)17-6-8-3-4-10(18)9(8)7-17/h8-10,18H,2-7H2,1H3,(H,14,16). The first-order chi connectivity index (χ1) is 9.69. The lowest BCUT2D eigenvalue weighted by atomic mass is 10.00. The van der Waals surface area contributed by atoms with Gasteiger partial charge >= 0.3 is 0 Å². The molecule has 1 aliphatic heterocycles. The number of carbonyl (C=O) groups excluding carboxylic acids is 1. The van der Waals surface area contributed by atoms with Crippen LogP contribution in [0, 0.1) is 11.8 Å². The van der Waals surface area contributed by atoms with Crippen LogP contribution in [0.3, 0.4) is 0 Å². The van der Waals surface area contributed by atoms with Gasteiger partial charge in [0.2, 0.25) is 10.1 Å². The van der Waals surface area contributed by atoms with Gasteiger partial charge in [0.05, 0.1) is 6.10 Å². The summed E-state index contributed by atoms with van der Waals surface area (Å²) >= 11 is 1.31. The quantitative estimate of drug-likeness (QED) is 0.873. The zero-order valence-electron chi connectivity index (χ0n) is 11.6. The van der Waals surface area contributed by atoms with Gasteiger partial charge in [0.15, 0.2) is 0 Å². The Morgan fingerprint density at radius 2 is 2.30 bits per heavy atom. The van der Waals surface area contributed by atoms with E-state index in [1.165, 1.54) is 11.3 Å². The van der Waals surface area contributed by atoms with E-state index in [0.29, 0.717) is 22.6 Å². The molecule has 3 rings (SSSR count). The van der Waals surface area contributed by atoms with Gasteiger partial charge in [-0.1, -0.05) is 18.3 Å². The Morgan fingerprint density at radius 1 is 1.45 bits per heavy atom. The Hall–Kier alpha value is -1.21. The number of aromatic nitrogens is 2. The number of rotatable bonds is 4. The van der Waals surface area contributed by atoms with E-state index in [4.69, 9.17) is 0 Å². The summed E-state index contributed by atoms with van der Waals surface area (Å²) in [4.78, 5) is 14.2. The molecule has 1 aliphatic carbocycles. The molecule has 0 bridgehead atoms. The predicted molar refractivity (Wildman–Crippen MR) is 76.8 cm³/mol. The number of carbonyl (C=O) groups is 1. The molecular formula is C13H20N4O2S. The van der Waals surface area contributed by atoms with Crippen LogP contribution >= 0.6 is 11.3 Å². The average Bonchev–Trinajstić information content (AvgIpc) is 3.13. The van der Waals surface area contributed by atoms with E-state index in [1.54, 1.807) is 0 Å². The summed E-state index contributed by atoms with van der Waals surface area (Å²) in [6.07, 6.45) is 2.67. The van der Waals surface area contributed by atoms with Crippen molar-refractivity contribution in [2.45, 2.75) is 32.3 Å². The van der Waals surface area contributed by atoms with Gasteiger partial charge in [-0.25, -0.2) is 0 Å². The molecule has 2 heterocycles. The number of aliphatic hydroxyl groups is 1. The highest BCUT2D eigenvalue weighted by atomic mass is 32.1. The fraction of sp³-hybridized carbons (Fsp3) is 0.769. The summed E-state index contributed by atoms with van der Waals surface area (Å²) < 4.78 is 0. The average molecular weight is 296 g/mol. The Balaban J connectivity index is 1.63. The van der Waals surface area contributed by atoms with Crippen LogP contribution < -0.4 is 5.32 Å². The maximum absolute atomic E-state index is 12.4. The molecule has 110 valence electrons. The van der Waals surface area contributed by atoms with Crippen molar-refractivity contribution in [3.63, 3.8) is 0 Å². The van der Waals surface area contributed by atoms with Crippen molar-refractivity contribution in [2.75, 3.05) is 25.0 Å². The molecule has 3 unspecified atom stereocenters. The normalized spacial score (nSPS) is 28.7. The number of hydrogen-bond acceptors (Lipinski definition) is 6. The molecule has 2 aliphatic rings. The van der Waals surface area contributed by atoms with E-state index in [9.17, 15) is 9.90 Å². The van der Waals surface area contributed by atoms with Gasteiger partial charge in [-0.3, -0.25) is 4.79 Å². The summed E-state index contributed by atoms with van der Waals surface area (Å²) in [7, 11) is 0. The van der Waals surface area contributed by atoms with E-state index in [2.05, 4.69) is 22.4 Å². The minimum absolute atomic E-state index is 0.0475. The minimum Gasteiger partial charge on any atom is -0.393 e. The number of likely N-dealkylation sites (tertiary alicyclic amines) is 1. The van der Waals surface area contributed by atoms with Crippen LogP contribution in [0.15, 0.2) is 0 Å². The largest absolute Gasteiger partial charge is 0.393 e. The molecule has 0 spiro atoms. The van der Waals surface area contributed by atoms with E-state index >= 15 is 0 Å². The van der Waals surface area contributed by atoms with Crippen LogP contribution in [0.1, 0.15) is 36.0 Å². The van der Waals surface area contributed by atoms with E-state index in [1.807, 2.05) is 4.90 Å². The molecule has 1 saturated heterocycles. The molecule has 1 amide bonds. The number of anilines is 1. The van der Waals surface area contributed by atoms with Gasteiger partial charge in [-0.15, -0.1) is 10.2 Å². The Kier molecular flexibility index (Phi) is 3.89. The number of fused-ring (bicyclic) bond motifs is 1. The summed E-state index contributed by atoms with van der Waals surface area (Å²) in [5.74, 6) is 0.665. The Bertz CT molecular complexity index is 492. The first-order valence-electron chi connectivity index (χ1n) is 7.23. The number of amides is 1. The SMILES string of the molecule is CCCNc1nnc(C(=O)N2CC3CCC(O)C3C2)s1. The highest BCUT2D eigenvalue weighted by Gasteiger charge is 2.43. The molecule has 1 aromatic rings. The summed E-state index contributed by atoms with van der Waals surface area (Å²) in [6, 6.07) is 0. The van der Waals surface area contributed by atoms with Gasteiger partial charge in [0, 0.05) is 25.6 Å². The van der Waals surface area contributed by atoms with Crippen molar-refractivity contribution < 1.29 is 9.90 Å². The molecule has 0 aromatic carbocycles. The van der Waals surface area contributed by atoms with Gasteiger partial charge in [0.25, 0.3) is 5.91 Å². The van der Waals surface area contributed by atoms with Gasteiger partial charge < -0.3 is 15.3 Å². The third kappa shape index (κ3) is 2.52. The topological polar surface area (TPSA) is 78.4 Å². The molecule has 1 saturated carbocycles. The van der Waals surface area contributed by atoms with Crippen molar-refractivity contribution in [1.82, 2.24) is 15.1 Å². The number of nitrogens with one attached hydrogen (secondary N) is 1. The van der Waals surface area contributed by atoms with Crippen LogP contribution in [0.4, 0.5) is 5.13 Å². The third-order valence-corrected chi connectivity index (χ3v) is 5.11. The first-order valence-corrected chi connectivity index (χ1v) is 8.05. The van der Waals surface area contributed by atoms with E-state index < -0.39 is 0 Å². The summed E-state index contributed by atoms with van der Waals surface area (Å²) in [6.45, 7) is 4.32. The van der Waals surface area contributed by atoms with Gasteiger partial charge in [0.1, 0.15) is 0 Å². The molecule has 6 nitrogen and oxygen atoms in total. The molecule has 7 heteroatoms. The Morgan fingerprint density at radius 3 is 3.05 bits per heavy atom. The Labute approximate surface area is 122 Å². The molecular weight excluding hydrogens is 276 g/mol. The lowest BCUT2D eigenvalue weighted by Gasteiger charge is -2.16. The van der Waals surface area contributed by atoms with Gasteiger partial charge in [-0.2, -0.15) is 0 Å². The van der Waals surface area contributed by atoms with Gasteiger partial charge in [-0.05, 0) is 25.2 Å². The maximum atomic E-state index is 12.4. The fourth-order valence-electron chi connectivity index (χ4n) is 3.15.